The van der Waals surface area contributed by atoms with Crippen molar-refractivity contribution in [3.63, 3.8) is 0 Å². The fraction of sp³-hybridized carbons (Fsp3) is 0.433. The third-order valence-electron chi connectivity index (χ3n) is 8.98. The van der Waals surface area contributed by atoms with Crippen LogP contribution in [0.4, 0.5) is 11.6 Å². The normalized spacial score (nSPS) is 21.8. The topological polar surface area (TPSA) is 155 Å². The van der Waals surface area contributed by atoms with Gasteiger partial charge in [-0.15, -0.1) is 0 Å². The highest BCUT2D eigenvalue weighted by molar-refractivity contribution is 7.89. The number of rotatable bonds is 8. The minimum absolute atomic E-state index is 0.0409. The molecule has 14 heteroatoms. The van der Waals surface area contributed by atoms with E-state index in [9.17, 15) is 18.0 Å². The molecule has 0 radical (unpaired) electrons. The Bertz CT molecular complexity index is 1990. The van der Waals surface area contributed by atoms with Gasteiger partial charge in [0.2, 0.25) is 16.0 Å². The molecule has 4 atom stereocenters. The Morgan fingerprint density at radius 1 is 1.14 bits per heavy atom. The smallest absolute Gasteiger partial charge is 0.285 e. The Kier molecular flexibility index (Phi) is 6.74. The average Bonchev–Trinajstić information content (AvgIpc) is 3.82. The van der Waals surface area contributed by atoms with Gasteiger partial charge in [-0.1, -0.05) is 17.7 Å². The van der Waals surface area contributed by atoms with Crippen LogP contribution < -0.4 is 20.5 Å². The summed E-state index contributed by atoms with van der Waals surface area (Å²) in [5.41, 5.74) is 4.60. The third kappa shape index (κ3) is 5.21. The number of aryl methyl sites for hydroxylation is 1. The van der Waals surface area contributed by atoms with Crippen molar-refractivity contribution in [1.29, 1.82) is 0 Å². The molecular formula is C30H33ClN8O4S. The van der Waals surface area contributed by atoms with Crippen LogP contribution in [0.5, 0.6) is 0 Å². The second kappa shape index (κ2) is 10.3. The summed E-state index contributed by atoms with van der Waals surface area (Å²) in [6.45, 7) is 5.40. The Labute approximate surface area is 259 Å². The second-order valence-electron chi connectivity index (χ2n) is 12.4. The van der Waals surface area contributed by atoms with Crippen molar-refractivity contribution in [3.05, 3.63) is 74.0 Å². The maximum absolute atomic E-state index is 13.7. The summed E-state index contributed by atoms with van der Waals surface area (Å²) < 4.78 is 27.0. The minimum atomic E-state index is -3.83. The third-order valence-corrected chi connectivity index (χ3v) is 9.74. The van der Waals surface area contributed by atoms with Gasteiger partial charge in [-0.25, -0.2) is 23.1 Å². The van der Waals surface area contributed by atoms with Gasteiger partial charge in [0.15, 0.2) is 5.69 Å². The van der Waals surface area contributed by atoms with Crippen molar-refractivity contribution in [2.45, 2.75) is 44.6 Å². The highest BCUT2D eigenvalue weighted by Gasteiger charge is 2.58. The maximum atomic E-state index is 13.7. The zero-order valence-electron chi connectivity index (χ0n) is 24.8. The van der Waals surface area contributed by atoms with Gasteiger partial charge in [0.25, 0.3) is 11.5 Å². The summed E-state index contributed by atoms with van der Waals surface area (Å²) in [7, 11) is -2.06. The number of carbonyl (C=O) groups excluding carboxylic acids is 1. The van der Waals surface area contributed by atoms with Gasteiger partial charge >= 0.3 is 0 Å². The van der Waals surface area contributed by atoms with E-state index in [1.54, 1.807) is 17.7 Å². The van der Waals surface area contributed by atoms with E-state index in [2.05, 4.69) is 31.5 Å². The average molecular weight is 637 g/mol. The van der Waals surface area contributed by atoms with E-state index in [4.69, 9.17) is 16.6 Å². The molecule has 3 fully saturated rings. The van der Waals surface area contributed by atoms with Gasteiger partial charge in [-0.2, -0.15) is 5.10 Å². The van der Waals surface area contributed by atoms with Crippen LogP contribution in [0.15, 0.2) is 35.1 Å². The van der Waals surface area contributed by atoms with Crippen LogP contribution >= 0.6 is 11.6 Å². The fourth-order valence-corrected chi connectivity index (χ4v) is 7.24. The summed E-state index contributed by atoms with van der Waals surface area (Å²) in [5.74, 6) is 1.75. The summed E-state index contributed by atoms with van der Waals surface area (Å²) in [6, 6.07) is 8.68. The van der Waals surface area contributed by atoms with E-state index < -0.39 is 22.0 Å². The number of nitrogens with zero attached hydrogens (tertiary/aromatic N) is 5. The van der Waals surface area contributed by atoms with Crippen molar-refractivity contribution < 1.29 is 13.2 Å². The molecule has 12 nitrogen and oxygen atoms in total. The van der Waals surface area contributed by atoms with Crippen LogP contribution in [0.25, 0.3) is 10.9 Å². The first-order chi connectivity index (χ1) is 20.9. The lowest BCUT2D eigenvalue weighted by atomic mass is 10.0. The Balaban J connectivity index is 1.18. The molecule has 4 heterocycles. The predicted octanol–water partition coefficient (Wildman–Crippen LogP) is 3.60. The van der Waals surface area contributed by atoms with Crippen molar-refractivity contribution in [2.75, 3.05) is 29.6 Å². The van der Waals surface area contributed by atoms with E-state index >= 15 is 0 Å². The lowest BCUT2D eigenvalue weighted by Gasteiger charge is -2.25. The van der Waals surface area contributed by atoms with Gasteiger partial charge in [-0.05, 0) is 68.4 Å². The van der Waals surface area contributed by atoms with Gasteiger partial charge in [0, 0.05) is 43.2 Å². The number of nitrogens with one attached hydrogen (secondary N) is 3. The highest BCUT2D eigenvalue weighted by Crippen LogP contribution is 2.58. The molecule has 1 saturated heterocycles. The van der Waals surface area contributed by atoms with E-state index in [-0.39, 0.29) is 22.1 Å². The first-order valence-electron chi connectivity index (χ1n) is 14.6. The number of aromatic amines is 1. The monoisotopic (exact) mass is 636 g/mol. The molecule has 0 spiro atoms. The SMILES string of the molecule is Cc1cc([C@@H](C)Nc2ccc(Cl)nc2C(=O)NS(C)(=O)=O)c2nc(N3C[C@@H]4C(c5cc(C6CC6)[nH]n5)[C@@H]4C3)n(C)c(=O)c2c1. The summed E-state index contributed by atoms with van der Waals surface area (Å²) in [6.07, 6.45) is 3.36. The molecule has 1 amide bonds. The molecule has 3 aromatic heterocycles. The number of piperidine rings is 1. The Hall–Kier alpha value is -3.97. The standard InChI is InChI=1S/C30H33ClN8O4S/c1-14-9-17(15(2)32-21-7-8-24(31)33-27(21)28(40)37-44(4,42)43)26-18(10-14)29(41)38(3)30(34-26)39-12-19-20(13-39)25(19)23-11-22(35-36-23)16-5-6-16/h7-11,15-16,19-20,25,32H,5-6,12-13H2,1-4H3,(H,35,36)(H,37,40)/t15-,19-,20+,25?/m1/s1. The van der Waals surface area contributed by atoms with Crippen molar-refractivity contribution in [2.24, 2.45) is 18.9 Å². The zero-order valence-corrected chi connectivity index (χ0v) is 26.3. The number of anilines is 2. The number of sulfonamides is 1. The number of amides is 1. The molecule has 3 aliphatic rings. The molecule has 2 saturated carbocycles. The minimum Gasteiger partial charge on any atom is -0.377 e. The van der Waals surface area contributed by atoms with Crippen molar-refractivity contribution in [3.8, 4) is 0 Å². The number of H-pyrrole nitrogens is 1. The fourth-order valence-electron chi connectivity index (χ4n) is 6.66. The van der Waals surface area contributed by atoms with Crippen LogP contribution in [-0.2, 0) is 17.1 Å². The zero-order chi connectivity index (χ0) is 31.1. The summed E-state index contributed by atoms with van der Waals surface area (Å²) >= 11 is 6.04. The predicted molar refractivity (Wildman–Crippen MR) is 168 cm³/mol. The molecular weight excluding hydrogens is 604 g/mol. The molecule has 3 N–H and O–H groups in total. The van der Waals surface area contributed by atoms with Crippen LogP contribution in [0.2, 0.25) is 5.15 Å². The maximum Gasteiger partial charge on any atom is 0.285 e. The Morgan fingerprint density at radius 2 is 1.86 bits per heavy atom. The Morgan fingerprint density at radius 3 is 2.55 bits per heavy atom. The van der Waals surface area contributed by atoms with Gasteiger partial charge < -0.3 is 10.2 Å². The quantitative estimate of drug-likeness (QED) is 0.246. The number of hydrogen-bond donors (Lipinski definition) is 3. The molecule has 0 bridgehead atoms. The van der Waals surface area contributed by atoms with Gasteiger partial charge in [-0.3, -0.25) is 19.3 Å². The first-order valence-corrected chi connectivity index (χ1v) is 16.9. The molecule has 230 valence electrons. The van der Waals surface area contributed by atoms with Crippen LogP contribution in [0, 0.1) is 18.8 Å². The number of fused-ring (bicyclic) bond motifs is 2. The van der Waals surface area contributed by atoms with Gasteiger partial charge in [0.1, 0.15) is 5.15 Å². The van der Waals surface area contributed by atoms with E-state index in [1.165, 1.54) is 24.6 Å². The van der Waals surface area contributed by atoms with Gasteiger partial charge in [0.05, 0.1) is 34.6 Å². The highest BCUT2D eigenvalue weighted by atomic mass is 35.5. The number of benzene rings is 1. The van der Waals surface area contributed by atoms with E-state index in [0.29, 0.717) is 40.5 Å². The molecule has 2 aliphatic carbocycles. The first kappa shape index (κ1) is 28.8. The van der Waals surface area contributed by atoms with Crippen molar-refractivity contribution in [1.82, 2.24) is 29.5 Å². The molecule has 44 heavy (non-hydrogen) atoms. The van der Waals surface area contributed by atoms with Crippen molar-refractivity contribution >= 4 is 50.1 Å². The lowest BCUT2D eigenvalue weighted by Crippen LogP contribution is -2.32. The number of carbonyl (C=O) groups is 1. The van der Waals surface area contributed by atoms with Crippen LogP contribution in [0.1, 0.15) is 70.6 Å². The van der Waals surface area contributed by atoms with E-state index in [1.807, 2.05) is 30.7 Å². The molecule has 4 aromatic rings. The number of halogens is 1. The summed E-state index contributed by atoms with van der Waals surface area (Å²) in [5, 5.41) is 11.7. The molecule has 1 unspecified atom stereocenters. The lowest BCUT2D eigenvalue weighted by molar-refractivity contribution is 0.0977. The number of pyridine rings is 1. The molecule has 1 aliphatic heterocycles. The van der Waals surface area contributed by atoms with Crippen LogP contribution in [0.3, 0.4) is 0 Å². The number of aromatic nitrogens is 5. The molecule has 7 rings (SSSR count). The number of hydrogen-bond acceptors (Lipinski definition) is 9. The van der Waals surface area contributed by atoms with Crippen LogP contribution in [-0.4, -0.2) is 58.4 Å². The summed E-state index contributed by atoms with van der Waals surface area (Å²) in [4.78, 5) is 37.8. The largest absolute Gasteiger partial charge is 0.377 e. The molecule has 1 aromatic carbocycles. The second-order valence-corrected chi connectivity index (χ2v) is 14.5. The van der Waals surface area contributed by atoms with E-state index in [0.717, 1.165) is 36.2 Å².